The number of carbonyl (C=O) groups excluding carboxylic acids is 1. The number of hydrogen-bond acceptors (Lipinski definition) is 3. The molecule has 0 spiro atoms. The third kappa shape index (κ3) is 1.29. The van der Waals surface area contributed by atoms with E-state index in [4.69, 9.17) is 4.84 Å². The summed E-state index contributed by atoms with van der Waals surface area (Å²) in [7, 11) is 1.77. The Labute approximate surface area is 60.9 Å². The molecular formula is C7H13NO2. The molecule has 0 aromatic carbocycles. The summed E-state index contributed by atoms with van der Waals surface area (Å²) < 4.78 is 0. The maximum absolute atomic E-state index is 11.1. The Morgan fingerprint density at radius 1 is 1.60 bits per heavy atom. The molecule has 1 aliphatic rings. The fourth-order valence-electron chi connectivity index (χ4n) is 0.850. The Morgan fingerprint density at radius 3 is 2.60 bits per heavy atom. The van der Waals surface area contributed by atoms with Gasteiger partial charge in [-0.3, -0.25) is 0 Å². The summed E-state index contributed by atoms with van der Waals surface area (Å²) in [5.74, 6) is -0.124. The number of hydrogen-bond donors (Lipinski definition) is 0. The predicted molar refractivity (Wildman–Crippen MR) is 37.1 cm³/mol. The molecule has 1 aliphatic heterocycles. The van der Waals surface area contributed by atoms with E-state index in [0.29, 0.717) is 0 Å². The van der Waals surface area contributed by atoms with E-state index in [1.165, 1.54) is 0 Å². The zero-order chi connectivity index (χ0) is 7.78. The highest BCUT2D eigenvalue weighted by Crippen LogP contribution is 2.26. The van der Waals surface area contributed by atoms with Crippen LogP contribution in [0.3, 0.4) is 0 Å². The minimum absolute atomic E-state index is 0.124. The van der Waals surface area contributed by atoms with Crippen LogP contribution in [-0.4, -0.2) is 24.6 Å². The standard InChI is InChI=1S/C7H13NO2/c1-7(2)4-5-8(3)10-6(7)9/h4-5H2,1-3H3. The normalized spacial score (nSPS) is 26.1. The van der Waals surface area contributed by atoms with Gasteiger partial charge in [0.05, 0.1) is 5.41 Å². The van der Waals surface area contributed by atoms with Crippen LogP contribution < -0.4 is 0 Å². The van der Waals surface area contributed by atoms with Crippen molar-refractivity contribution in [1.82, 2.24) is 5.06 Å². The first-order chi connectivity index (χ1) is 4.52. The van der Waals surface area contributed by atoms with E-state index in [1.807, 2.05) is 13.8 Å². The van der Waals surface area contributed by atoms with Gasteiger partial charge in [0.25, 0.3) is 0 Å². The molecule has 0 aromatic heterocycles. The topological polar surface area (TPSA) is 29.5 Å². The molecule has 1 heterocycles. The molecule has 3 heteroatoms. The van der Waals surface area contributed by atoms with Gasteiger partial charge in [0.2, 0.25) is 0 Å². The molecule has 0 bridgehead atoms. The van der Waals surface area contributed by atoms with E-state index in [0.717, 1.165) is 13.0 Å². The van der Waals surface area contributed by atoms with Crippen molar-refractivity contribution in [3.8, 4) is 0 Å². The average molecular weight is 143 g/mol. The molecule has 0 atom stereocenters. The van der Waals surface area contributed by atoms with Crippen molar-refractivity contribution in [3.63, 3.8) is 0 Å². The minimum atomic E-state index is -0.285. The maximum Gasteiger partial charge on any atom is 0.330 e. The van der Waals surface area contributed by atoms with Gasteiger partial charge in [-0.1, -0.05) is 0 Å². The van der Waals surface area contributed by atoms with Gasteiger partial charge in [0.15, 0.2) is 0 Å². The Balaban J connectivity index is 2.61. The molecule has 0 radical (unpaired) electrons. The van der Waals surface area contributed by atoms with E-state index in [2.05, 4.69) is 0 Å². The zero-order valence-corrected chi connectivity index (χ0v) is 6.68. The highest BCUT2D eigenvalue weighted by Gasteiger charge is 2.34. The molecule has 1 saturated heterocycles. The van der Waals surface area contributed by atoms with Gasteiger partial charge in [0.1, 0.15) is 0 Å². The van der Waals surface area contributed by atoms with Gasteiger partial charge in [0, 0.05) is 13.6 Å². The van der Waals surface area contributed by atoms with E-state index in [1.54, 1.807) is 12.1 Å². The van der Waals surface area contributed by atoms with Crippen LogP contribution in [-0.2, 0) is 9.63 Å². The average Bonchev–Trinajstić information content (AvgIpc) is 1.81. The van der Waals surface area contributed by atoms with Crippen molar-refractivity contribution in [2.45, 2.75) is 20.3 Å². The van der Waals surface area contributed by atoms with Gasteiger partial charge in [-0.05, 0) is 20.3 Å². The van der Waals surface area contributed by atoms with Crippen LogP contribution in [0.4, 0.5) is 0 Å². The van der Waals surface area contributed by atoms with Crippen molar-refractivity contribution < 1.29 is 9.63 Å². The van der Waals surface area contributed by atoms with Crippen LogP contribution in [0, 0.1) is 5.41 Å². The Bertz CT molecular complexity index is 154. The monoisotopic (exact) mass is 143 g/mol. The smallest absolute Gasteiger partial charge is 0.330 e. The fourth-order valence-corrected chi connectivity index (χ4v) is 0.850. The molecule has 0 saturated carbocycles. The van der Waals surface area contributed by atoms with Crippen LogP contribution >= 0.6 is 0 Å². The lowest BCUT2D eigenvalue weighted by atomic mass is 9.89. The third-order valence-electron chi connectivity index (χ3n) is 1.84. The Hall–Kier alpha value is -0.570. The van der Waals surface area contributed by atoms with Crippen molar-refractivity contribution in [2.75, 3.05) is 13.6 Å². The molecule has 3 nitrogen and oxygen atoms in total. The van der Waals surface area contributed by atoms with Gasteiger partial charge < -0.3 is 4.84 Å². The largest absolute Gasteiger partial charge is 0.368 e. The SMILES string of the molecule is CN1CCC(C)(C)C(=O)O1. The van der Waals surface area contributed by atoms with Gasteiger partial charge in [-0.25, -0.2) is 4.79 Å². The molecule has 0 N–H and O–H groups in total. The summed E-state index contributed by atoms with van der Waals surface area (Å²) >= 11 is 0. The van der Waals surface area contributed by atoms with E-state index in [-0.39, 0.29) is 11.4 Å². The Morgan fingerprint density at radius 2 is 2.20 bits per heavy atom. The first-order valence-corrected chi connectivity index (χ1v) is 3.46. The highest BCUT2D eigenvalue weighted by atomic mass is 16.7. The van der Waals surface area contributed by atoms with Crippen LogP contribution in [0.1, 0.15) is 20.3 Å². The summed E-state index contributed by atoms with van der Waals surface area (Å²) in [6, 6.07) is 0. The number of carbonyl (C=O) groups is 1. The minimum Gasteiger partial charge on any atom is -0.368 e. The van der Waals surface area contributed by atoms with Gasteiger partial charge >= 0.3 is 5.97 Å². The highest BCUT2D eigenvalue weighted by molar-refractivity contribution is 5.76. The summed E-state index contributed by atoms with van der Waals surface area (Å²) in [4.78, 5) is 16.0. The van der Waals surface area contributed by atoms with E-state index in [9.17, 15) is 4.79 Å². The predicted octanol–water partition coefficient (Wildman–Crippen LogP) is 0.806. The third-order valence-corrected chi connectivity index (χ3v) is 1.84. The summed E-state index contributed by atoms with van der Waals surface area (Å²) in [5, 5.41) is 1.58. The second-order valence-corrected chi connectivity index (χ2v) is 3.36. The molecule has 1 fully saturated rings. The maximum atomic E-state index is 11.1. The molecule has 0 amide bonds. The summed E-state index contributed by atoms with van der Waals surface area (Å²) in [5.41, 5.74) is -0.285. The van der Waals surface area contributed by atoms with Gasteiger partial charge in [-0.2, -0.15) is 0 Å². The van der Waals surface area contributed by atoms with Crippen LogP contribution in [0.25, 0.3) is 0 Å². The summed E-state index contributed by atoms with van der Waals surface area (Å²) in [6.07, 6.45) is 0.877. The molecule has 0 aromatic rings. The van der Waals surface area contributed by atoms with Crippen LogP contribution in [0.15, 0.2) is 0 Å². The molecule has 0 aliphatic carbocycles. The van der Waals surface area contributed by atoms with Crippen LogP contribution in [0.5, 0.6) is 0 Å². The van der Waals surface area contributed by atoms with Crippen molar-refractivity contribution in [2.24, 2.45) is 5.41 Å². The first kappa shape index (κ1) is 7.54. The summed E-state index contributed by atoms with van der Waals surface area (Å²) in [6.45, 7) is 4.64. The van der Waals surface area contributed by atoms with Crippen LogP contribution in [0.2, 0.25) is 0 Å². The number of rotatable bonds is 0. The first-order valence-electron chi connectivity index (χ1n) is 3.46. The second-order valence-electron chi connectivity index (χ2n) is 3.36. The molecule has 0 unspecified atom stereocenters. The quantitative estimate of drug-likeness (QED) is 0.502. The number of nitrogens with zero attached hydrogens (tertiary/aromatic N) is 1. The van der Waals surface area contributed by atoms with E-state index >= 15 is 0 Å². The van der Waals surface area contributed by atoms with Crippen molar-refractivity contribution in [3.05, 3.63) is 0 Å². The number of hydroxylamine groups is 2. The zero-order valence-electron chi connectivity index (χ0n) is 6.68. The Kier molecular flexibility index (Phi) is 1.68. The molecule has 10 heavy (non-hydrogen) atoms. The fraction of sp³-hybridized carbons (Fsp3) is 0.857. The van der Waals surface area contributed by atoms with Crippen molar-refractivity contribution in [1.29, 1.82) is 0 Å². The lowest BCUT2D eigenvalue weighted by molar-refractivity contribution is -0.209. The lowest BCUT2D eigenvalue weighted by Crippen LogP contribution is -2.41. The molecular weight excluding hydrogens is 130 g/mol. The molecule has 58 valence electrons. The second kappa shape index (κ2) is 2.23. The van der Waals surface area contributed by atoms with Gasteiger partial charge in [-0.15, -0.1) is 5.06 Å². The molecule has 1 rings (SSSR count). The van der Waals surface area contributed by atoms with E-state index < -0.39 is 0 Å². The lowest BCUT2D eigenvalue weighted by Gasteiger charge is -2.31. The van der Waals surface area contributed by atoms with Crippen molar-refractivity contribution >= 4 is 5.97 Å².